The molecule has 7 heteroatoms. The summed E-state index contributed by atoms with van der Waals surface area (Å²) in [7, 11) is 0. The number of likely N-dealkylation sites (tertiary alicyclic amines) is 1. The van der Waals surface area contributed by atoms with Crippen molar-refractivity contribution < 1.29 is 4.79 Å². The number of thioether (sulfide) groups is 1. The number of aromatic nitrogens is 4. The van der Waals surface area contributed by atoms with Crippen LogP contribution in [0.5, 0.6) is 0 Å². The molecule has 2 aromatic rings. The number of hydrogen-bond donors (Lipinski definition) is 0. The highest BCUT2D eigenvalue weighted by Gasteiger charge is 2.25. The molecule has 0 saturated carbocycles. The maximum absolute atomic E-state index is 12.5. The van der Waals surface area contributed by atoms with Gasteiger partial charge in [0.2, 0.25) is 11.1 Å². The average Bonchev–Trinajstić information content (AvgIpc) is 3.00. The van der Waals surface area contributed by atoms with Crippen LogP contribution in [0.1, 0.15) is 25.8 Å². The van der Waals surface area contributed by atoms with E-state index < -0.39 is 0 Å². The molecule has 24 heavy (non-hydrogen) atoms. The molecule has 2 heterocycles. The summed E-state index contributed by atoms with van der Waals surface area (Å²) in [6, 6.07) is 7.99. The number of hydrogen-bond acceptors (Lipinski definition) is 5. The van der Waals surface area contributed by atoms with E-state index in [1.807, 2.05) is 36.1 Å². The van der Waals surface area contributed by atoms with Crippen LogP contribution in [-0.2, 0) is 4.79 Å². The van der Waals surface area contributed by atoms with Crippen molar-refractivity contribution >= 4 is 17.7 Å². The number of tetrazole rings is 1. The minimum absolute atomic E-state index is 0.164. The SMILES string of the molecule is Cc1cccc(-n2nnnc2SCC(=O)N2C[C@H](C)C[C@H](C)C2)c1. The van der Waals surface area contributed by atoms with E-state index in [2.05, 4.69) is 29.4 Å². The third-order valence-electron chi connectivity index (χ3n) is 4.23. The molecule has 2 atom stereocenters. The second kappa shape index (κ2) is 7.34. The number of benzene rings is 1. The molecule has 3 rings (SSSR count). The monoisotopic (exact) mass is 345 g/mol. The second-order valence-corrected chi connectivity index (χ2v) is 7.69. The Morgan fingerprint density at radius 2 is 2.04 bits per heavy atom. The first-order valence-corrected chi connectivity index (χ1v) is 9.27. The summed E-state index contributed by atoms with van der Waals surface area (Å²) in [5, 5.41) is 12.5. The maximum Gasteiger partial charge on any atom is 0.233 e. The van der Waals surface area contributed by atoms with Crippen LogP contribution in [0.4, 0.5) is 0 Å². The fourth-order valence-electron chi connectivity index (χ4n) is 3.27. The van der Waals surface area contributed by atoms with Gasteiger partial charge in [-0.3, -0.25) is 4.79 Å². The van der Waals surface area contributed by atoms with Crippen molar-refractivity contribution in [1.29, 1.82) is 0 Å². The van der Waals surface area contributed by atoms with Crippen molar-refractivity contribution in [1.82, 2.24) is 25.1 Å². The number of nitrogens with zero attached hydrogens (tertiary/aromatic N) is 5. The summed E-state index contributed by atoms with van der Waals surface area (Å²) in [4.78, 5) is 14.5. The van der Waals surface area contributed by atoms with Gasteiger partial charge in [-0.25, -0.2) is 0 Å². The molecular formula is C17H23N5OS. The Morgan fingerprint density at radius 1 is 1.29 bits per heavy atom. The molecule has 1 aromatic heterocycles. The average molecular weight is 345 g/mol. The van der Waals surface area contributed by atoms with Gasteiger partial charge in [0.15, 0.2) is 0 Å². The molecule has 6 nitrogen and oxygen atoms in total. The largest absolute Gasteiger partial charge is 0.341 e. The summed E-state index contributed by atoms with van der Waals surface area (Å²) in [5.41, 5.74) is 2.06. The van der Waals surface area contributed by atoms with Crippen LogP contribution in [0.15, 0.2) is 29.4 Å². The Balaban J connectivity index is 1.65. The van der Waals surface area contributed by atoms with Gasteiger partial charge < -0.3 is 4.90 Å². The number of carbonyl (C=O) groups excluding carboxylic acids is 1. The Bertz CT molecular complexity index is 707. The lowest BCUT2D eigenvalue weighted by Gasteiger charge is -2.34. The van der Waals surface area contributed by atoms with Crippen molar-refractivity contribution in [2.75, 3.05) is 18.8 Å². The van der Waals surface area contributed by atoms with Crippen LogP contribution >= 0.6 is 11.8 Å². The first-order valence-electron chi connectivity index (χ1n) is 8.29. The first-order chi connectivity index (χ1) is 11.5. The van der Waals surface area contributed by atoms with Crippen LogP contribution in [0.25, 0.3) is 5.69 Å². The van der Waals surface area contributed by atoms with Gasteiger partial charge in [0.1, 0.15) is 0 Å². The molecule has 0 spiro atoms. The molecule has 1 aliphatic rings. The maximum atomic E-state index is 12.5. The number of rotatable bonds is 4. The van der Waals surface area contributed by atoms with E-state index in [0.29, 0.717) is 22.7 Å². The fraction of sp³-hybridized carbons (Fsp3) is 0.529. The molecule has 0 aliphatic carbocycles. The fourth-order valence-corrected chi connectivity index (χ4v) is 4.07. The van der Waals surface area contributed by atoms with Gasteiger partial charge in [0.25, 0.3) is 0 Å². The van der Waals surface area contributed by atoms with Crippen LogP contribution in [0, 0.1) is 18.8 Å². The quantitative estimate of drug-likeness (QED) is 0.797. The van der Waals surface area contributed by atoms with E-state index in [0.717, 1.165) is 24.3 Å². The first kappa shape index (κ1) is 17.0. The standard InChI is InChI=1S/C17H23N5OS/c1-12-5-4-6-15(8-12)22-17(18-19-20-22)24-11-16(23)21-9-13(2)7-14(3)10-21/h4-6,8,13-14H,7,9-11H2,1-3H3/t13-,14+. The normalized spacial score (nSPS) is 21.0. The van der Waals surface area contributed by atoms with Gasteiger partial charge in [-0.2, -0.15) is 4.68 Å². The zero-order valence-electron chi connectivity index (χ0n) is 14.3. The van der Waals surface area contributed by atoms with Crippen molar-refractivity contribution in [3.05, 3.63) is 29.8 Å². The number of amides is 1. The Kier molecular flexibility index (Phi) is 5.18. The lowest BCUT2D eigenvalue weighted by molar-refractivity contribution is -0.130. The summed E-state index contributed by atoms with van der Waals surface area (Å²) < 4.78 is 1.69. The van der Waals surface area contributed by atoms with E-state index in [9.17, 15) is 4.79 Å². The van der Waals surface area contributed by atoms with E-state index in [4.69, 9.17) is 0 Å². The molecule has 1 amide bonds. The predicted molar refractivity (Wildman–Crippen MR) is 94.1 cm³/mol. The minimum Gasteiger partial charge on any atom is -0.341 e. The minimum atomic E-state index is 0.164. The smallest absolute Gasteiger partial charge is 0.233 e. The van der Waals surface area contributed by atoms with E-state index in [1.165, 1.54) is 18.2 Å². The Hall–Kier alpha value is -1.89. The molecule has 0 radical (unpaired) electrons. The summed E-state index contributed by atoms with van der Waals surface area (Å²) in [5.74, 6) is 1.67. The number of piperidine rings is 1. The summed E-state index contributed by atoms with van der Waals surface area (Å²) in [6.07, 6.45) is 1.20. The van der Waals surface area contributed by atoms with Crippen LogP contribution in [0.2, 0.25) is 0 Å². The Labute approximate surface area is 146 Å². The number of aryl methyl sites for hydroxylation is 1. The zero-order chi connectivity index (χ0) is 17.1. The molecule has 1 saturated heterocycles. The van der Waals surface area contributed by atoms with Gasteiger partial charge >= 0.3 is 0 Å². The molecule has 1 fully saturated rings. The van der Waals surface area contributed by atoms with Crippen molar-refractivity contribution in [2.45, 2.75) is 32.3 Å². The molecule has 0 bridgehead atoms. The third kappa shape index (κ3) is 3.95. The second-order valence-electron chi connectivity index (χ2n) is 6.75. The van der Waals surface area contributed by atoms with E-state index in [1.54, 1.807) is 4.68 Å². The highest BCUT2D eigenvalue weighted by Crippen LogP contribution is 2.23. The number of carbonyl (C=O) groups is 1. The Morgan fingerprint density at radius 3 is 2.75 bits per heavy atom. The van der Waals surface area contributed by atoms with Gasteiger partial charge in [-0.05, 0) is 53.3 Å². The van der Waals surface area contributed by atoms with Crippen LogP contribution < -0.4 is 0 Å². The third-order valence-corrected chi connectivity index (χ3v) is 5.14. The van der Waals surface area contributed by atoms with Gasteiger partial charge in [0.05, 0.1) is 11.4 Å². The van der Waals surface area contributed by atoms with Gasteiger partial charge in [-0.1, -0.05) is 37.7 Å². The van der Waals surface area contributed by atoms with Crippen LogP contribution in [0.3, 0.4) is 0 Å². The van der Waals surface area contributed by atoms with Crippen LogP contribution in [-0.4, -0.2) is 49.9 Å². The highest BCUT2D eigenvalue weighted by atomic mass is 32.2. The molecule has 128 valence electrons. The molecule has 1 aromatic carbocycles. The van der Waals surface area contributed by atoms with Crippen molar-refractivity contribution in [3.8, 4) is 5.69 Å². The summed E-state index contributed by atoms with van der Waals surface area (Å²) in [6.45, 7) is 8.16. The molecular weight excluding hydrogens is 322 g/mol. The van der Waals surface area contributed by atoms with Gasteiger partial charge in [0, 0.05) is 13.1 Å². The topological polar surface area (TPSA) is 63.9 Å². The lowest BCUT2D eigenvalue weighted by Crippen LogP contribution is -2.43. The highest BCUT2D eigenvalue weighted by molar-refractivity contribution is 7.99. The lowest BCUT2D eigenvalue weighted by atomic mass is 9.92. The van der Waals surface area contributed by atoms with E-state index >= 15 is 0 Å². The van der Waals surface area contributed by atoms with Gasteiger partial charge in [-0.15, -0.1) is 5.10 Å². The zero-order valence-corrected chi connectivity index (χ0v) is 15.2. The predicted octanol–water partition coefficient (Wildman–Crippen LogP) is 2.57. The molecule has 1 aliphatic heterocycles. The van der Waals surface area contributed by atoms with Crippen molar-refractivity contribution in [3.63, 3.8) is 0 Å². The van der Waals surface area contributed by atoms with E-state index in [-0.39, 0.29) is 5.91 Å². The molecule has 0 unspecified atom stereocenters. The molecule has 0 N–H and O–H groups in total. The van der Waals surface area contributed by atoms with Crippen molar-refractivity contribution in [2.24, 2.45) is 11.8 Å². The summed E-state index contributed by atoms with van der Waals surface area (Å²) >= 11 is 1.39.